The number of halogens is 1. The van der Waals surface area contributed by atoms with Crippen molar-refractivity contribution in [1.82, 2.24) is 15.0 Å². The molecular weight excluding hydrogens is 257 g/mol. The number of rotatable bonds is 1. The molecule has 0 aliphatic heterocycles. The molecule has 3 nitrogen and oxygen atoms in total. The van der Waals surface area contributed by atoms with E-state index in [1.165, 1.54) is 0 Å². The molecule has 15 heavy (non-hydrogen) atoms. The third-order valence-corrected chi connectivity index (χ3v) is 2.49. The van der Waals surface area contributed by atoms with Crippen molar-refractivity contribution in [2.75, 3.05) is 0 Å². The normalized spacial score (nSPS) is 9.40. The molecule has 0 fully saturated rings. The molecule has 0 aliphatic rings. The van der Waals surface area contributed by atoms with E-state index >= 15 is 0 Å². The number of pyridine rings is 1. The first-order chi connectivity index (χ1) is 6.79. The van der Waals surface area contributed by atoms with Gasteiger partial charge in [-0.25, -0.2) is 0 Å². The number of nitrogens with zero attached hydrogens (tertiary/aromatic N) is 3. The molecule has 2 aromatic rings. The van der Waals surface area contributed by atoms with Crippen LogP contribution in [0.15, 0.2) is 35.7 Å². The molecule has 0 saturated carbocycles. The Balaban J connectivity index is 0.00000112. The Bertz CT molecular complexity index is 452. The van der Waals surface area contributed by atoms with Crippen LogP contribution in [0.5, 0.6) is 0 Å². The fourth-order valence-electron chi connectivity index (χ4n) is 1.03. The summed E-state index contributed by atoms with van der Waals surface area (Å²) >= 11 is 11.0. The zero-order chi connectivity index (χ0) is 9.97. The maximum absolute atomic E-state index is 5.99. The second-order valence-electron chi connectivity index (χ2n) is 2.56. The van der Waals surface area contributed by atoms with Crippen molar-refractivity contribution in [3.8, 4) is 11.4 Å². The number of aromatic nitrogens is 3. The molecule has 0 aliphatic carbocycles. The number of hydrogen-bond acceptors (Lipinski definition) is 4. The minimum absolute atomic E-state index is 0. The quantitative estimate of drug-likeness (QED) is 0.493. The van der Waals surface area contributed by atoms with Gasteiger partial charge in [-0.15, -0.1) is 0 Å². The van der Waals surface area contributed by atoms with Gasteiger partial charge in [-0.2, -0.15) is 4.90 Å². The molecule has 0 atom stereocenters. The van der Waals surface area contributed by atoms with Crippen LogP contribution in [-0.4, -0.2) is 15.0 Å². The van der Waals surface area contributed by atoms with Crippen LogP contribution < -0.4 is 51.4 Å². The first-order valence-corrected chi connectivity index (χ1v) is 4.65. The van der Waals surface area contributed by atoms with Crippen LogP contribution in [0.25, 0.3) is 11.4 Å². The van der Waals surface area contributed by atoms with E-state index in [-0.39, 0.29) is 51.4 Å². The van der Waals surface area contributed by atoms with Gasteiger partial charge in [0.25, 0.3) is 0 Å². The molecule has 6 heteroatoms. The Morgan fingerprint density at radius 3 is 2.60 bits per heavy atom. The van der Waals surface area contributed by atoms with Gasteiger partial charge >= 0.3 is 51.4 Å². The van der Waals surface area contributed by atoms with Gasteiger partial charge in [-0.3, -0.25) is 15.0 Å². The zero-order valence-corrected chi connectivity index (χ0v) is 12.7. The van der Waals surface area contributed by atoms with Crippen LogP contribution in [0.1, 0.15) is 0 Å². The molecule has 2 aromatic heterocycles. The van der Waals surface area contributed by atoms with E-state index in [0.29, 0.717) is 21.3 Å². The Morgan fingerprint density at radius 2 is 1.93 bits per heavy atom. The molecule has 70 valence electrons. The largest absolute Gasteiger partial charge is 1.00 e. The molecular formula is C9H5ClKN3S. The third-order valence-electron chi connectivity index (χ3n) is 1.66. The Morgan fingerprint density at radius 1 is 1.13 bits per heavy atom. The number of hydrogen-bond donors (Lipinski definition) is 0. The summed E-state index contributed by atoms with van der Waals surface area (Å²) in [6.07, 6.45) is 6.39. The molecule has 0 radical (unpaired) electrons. The molecule has 0 bridgehead atoms. The molecule has 0 amide bonds. The first-order valence-electron chi connectivity index (χ1n) is 3.87. The van der Waals surface area contributed by atoms with E-state index in [1.807, 2.05) is 0 Å². The maximum atomic E-state index is 5.99. The van der Waals surface area contributed by atoms with Crippen LogP contribution in [0.2, 0.25) is 5.02 Å². The summed E-state index contributed by atoms with van der Waals surface area (Å²) in [7, 11) is 0. The van der Waals surface area contributed by atoms with Crippen molar-refractivity contribution in [2.45, 2.75) is 4.90 Å². The Labute approximate surface area is 141 Å². The van der Waals surface area contributed by atoms with E-state index in [9.17, 15) is 0 Å². The second-order valence-corrected chi connectivity index (χ2v) is 3.38. The summed E-state index contributed by atoms with van der Waals surface area (Å²) in [5.74, 6) is 0. The minimum Gasteiger partial charge on any atom is -0.778 e. The van der Waals surface area contributed by atoms with Crippen molar-refractivity contribution < 1.29 is 51.4 Å². The topological polar surface area (TPSA) is 38.7 Å². The van der Waals surface area contributed by atoms with Crippen LogP contribution >= 0.6 is 11.6 Å². The molecule has 0 N–H and O–H groups in total. The van der Waals surface area contributed by atoms with Crippen molar-refractivity contribution in [1.29, 1.82) is 0 Å². The van der Waals surface area contributed by atoms with E-state index in [1.54, 1.807) is 30.9 Å². The zero-order valence-electron chi connectivity index (χ0n) is 8.01. The summed E-state index contributed by atoms with van der Waals surface area (Å²) in [5, 5.41) is 0.447. The van der Waals surface area contributed by atoms with Crippen LogP contribution in [0, 0.1) is 0 Å². The predicted molar refractivity (Wildman–Crippen MR) is 55.9 cm³/mol. The fraction of sp³-hybridized carbons (Fsp3) is 0. The van der Waals surface area contributed by atoms with E-state index in [2.05, 4.69) is 15.0 Å². The standard InChI is InChI=1S/C9H6ClN3S.K/c10-8-7(14)1-2-13-9(8)6-5-11-3-4-12-6;/h1-5H,(H,13,14);/q;+1/p-1. The van der Waals surface area contributed by atoms with Gasteiger partial charge in [-0.1, -0.05) is 17.7 Å². The fourth-order valence-corrected chi connectivity index (χ4v) is 1.39. The molecule has 0 unspecified atom stereocenters. The van der Waals surface area contributed by atoms with Crippen LogP contribution in [0.4, 0.5) is 0 Å². The van der Waals surface area contributed by atoms with Crippen LogP contribution in [0.3, 0.4) is 0 Å². The minimum atomic E-state index is 0. The Hall–Kier alpha value is 0.376. The average molecular weight is 262 g/mol. The van der Waals surface area contributed by atoms with E-state index < -0.39 is 0 Å². The molecule has 2 rings (SSSR count). The second kappa shape index (κ2) is 6.20. The van der Waals surface area contributed by atoms with Gasteiger partial charge in [0.1, 0.15) is 11.4 Å². The van der Waals surface area contributed by atoms with Gasteiger partial charge in [0.2, 0.25) is 0 Å². The molecule has 0 aromatic carbocycles. The van der Waals surface area contributed by atoms with Crippen molar-refractivity contribution in [2.24, 2.45) is 0 Å². The summed E-state index contributed by atoms with van der Waals surface area (Å²) < 4.78 is 0. The first kappa shape index (κ1) is 13.4. The molecule has 0 spiro atoms. The summed E-state index contributed by atoms with van der Waals surface area (Å²) in [6, 6.07) is 1.68. The smallest absolute Gasteiger partial charge is 0.778 e. The van der Waals surface area contributed by atoms with Gasteiger partial charge < -0.3 is 12.6 Å². The van der Waals surface area contributed by atoms with Gasteiger partial charge in [0.15, 0.2) is 0 Å². The van der Waals surface area contributed by atoms with E-state index in [4.69, 9.17) is 24.2 Å². The van der Waals surface area contributed by atoms with E-state index in [0.717, 1.165) is 0 Å². The monoisotopic (exact) mass is 261 g/mol. The average Bonchev–Trinajstić information content (AvgIpc) is 2.23. The Kier molecular flexibility index (Phi) is 5.55. The molecule has 2 heterocycles. The van der Waals surface area contributed by atoms with Crippen molar-refractivity contribution in [3.63, 3.8) is 0 Å². The predicted octanol–water partition coefficient (Wildman–Crippen LogP) is -0.898. The van der Waals surface area contributed by atoms with Crippen molar-refractivity contribution in [3.05, 3.63) is 35.9 Å². The van der Waals surface area contributed by atoms with Gasteiger partial charge in [0.05, 0.1) is 6.20 Å². The van der Waals surface area contributed by atoms with Crippen LogP contribution in [-0.2, 0) is 12.6 Å². The van der Waals surface area contributed by atoms with Gasteiger partial charge in [0, 0.05) is 23.6 Å². The van der Waals surface area contributed by atoms with Gasteiger partial charge in [-0.05, 0) is 0 Å². The summed E-state index contributed by atoms with van der Waals surface area (Å²) in [4.78, 5) is 12.7. The van der Waals surface area contributed by atoms with Crippen molar-refractivity contribution >= 4 is 24.2 Å². The maximum Gasteiger partial charge on any atom is 1.00 e. The third kappa shape index (κ3) is 3.17. The summed E-state index contributed by atoms with van der Waals surface area (Å²) in [6.45, 7) is 0. The molecule has 0 saturated heterocycles. The summed E-state index contributed by atoms with van der Waals surface area (Å²) in [5.41, 5.74) is 1.21. The SMILES string of the molecule is [K+].[S-]c1ccnc(-c2cnccn2)c1Cl.